The second kappa shape index (κ2) is 6.46. The minimum absolute atomic E-state index is 0.0845. The molecule has 1 aliphatic carbocycles. The molecule has 0 unspecified atom stereocenters. The van der Waals surface area contributed by atoms with Gasteiger partial charge in [-0.25, -0.2) is 0 Å². The zero-order chi connectivity index (χ0) is 11.3. The highest BCUT2D eigenvalue weighted by Gasteiger charge is 2.29. The molecule has 1 aliphatic rings. The number of nitrogens with zero attached hydrogens (tertiary/aromatic N) is 2. The molecule has 0 saturated heterocycles. The fraction of sp³-hybridized carbons (Fsp3) is 1.00. The summed E-state index contributed by atoms with van der Waals surface area (Å²) < 4.78 is 0. The molecule has 15 heavy (non-hydrogen) atoms. The van der Waals surface area contributed by atoms with Gasteiger partial charge in [0.05, 0.1) is 6.10 Å². The number of likely N-dealkylation sites (N-methyl/N-ethyl adjacent to an activating group) is 1. The molecule has 90 valence electrons. The summed E-state index contributed by atoms with van der Waals surface area (Å²) in [6, 6.07) is 0.421. The first-order valence-electron chi connectivity index (χ1n) is 6.22. The zero-order valence-corrected chi connectivity index (χ0v) is 10.4. The van der Waals surface area contributed by atoms with Crippen LogP contribution >= 0.6 is 0 Å². The molecule has 3 heteroatoms. The minimum Gasteiger partial charge on any atom is -0.391 e. The van der Waals surface area contributed by atoms with Crippen LogP contribution in [0.5, 0.6) is 0 Å². The highest BCUT2D eigenvalue weighted by atomic mass is 16.3. The Balaban J connectivity index is 2.41. The monoisotopic (exact) mass is 214 g/mol. The molecule has 0 bridgehead atoms. The summed E-state index contributed by atoms with van der Waals surface area (Å²) >= 11 is 0. The normalized spacial score (nSPS) is 26.8. The summed E-state index contributed by atoms with van der Waals surface area (Å²) in [4.78, 5) is 4.68. The van der Waals surface area contributed by atoms with Gasteiger partial charge in [-0.15, -0.1) is 0 Å². The molecule has 0 aromatic heterocycles. The van der Waals surface area contributed by atoms with Crippen LogP contribution in [0.4, 0.5) is 0 Å². The van der Waals surface area contributed by atoms with Crippen LogP contribution in [-0.2, 0) is 0 Å². The molecule has 0 heterocycles. The summed E-state index contributed by atoms with van der Waals surface area (Å²) in [5.74, 6) is 0. The van der Waals surface area contributed by atoms with Crippen molar-refractivity contribution >= 4 is 0 Å². The van der Waals surface area contributed by atoms with E-state index in [4.69, 9.17) is 0 Å². The van der Waals surface area contributed by atoms with Crippen molar-refractivity contribution in [1.82, 2.24) is 9.80 Å². The fourth-order valence-electron chi connectivity index (χ4n) is 2.41. The Kier molecular flexibility index (Phi) is 5.58. The predicted molar refractivity (Wildman–Crippen MR) is 64.1 cm³/mol. The lowest BCUT2D eigenvalue weighted by Gasteiger charge is -2.31. The Hall–Kier alpha value is -0.120. The van der Waals surface area contributed by atoms with Crippen molar-refractivity contribution in [1.29, 1.82) is 0 Å². The average molecular weight is 214 g/mol. The van der Waals surface area contributed by atoms with Crippen molar-refractivity contribution in [3.05, 3.63) is 0 Å². The van der Waals surface area contributed by atoms with Crippen LogP contribution in [0.15, 0.2) is 0 Å². The molecule has 1 rings (SSSR count). The molecule has 0 aliphatic heterocycles. The van der Waals surface area contributed by atoms with Gasteiger partial charge in [-0.1, -0.05) is 6.92 Å². The van der Waals surface area contributed by atoms with E-state index < -0.39 is 0 Å². The Morgan fingerprint density at radius 1 is 1.13 bits per heavy atom. The van der Waals surface area contributed by atoms with Gasteiger partial charge in [0.25, 0.3) is 0 Å². The van der Waals surface area contributed by atoms with Crippen LogP contribution in [-0.4, -0.2) is 60.8 Å². The van der Waals surface area contributed by atoms with Crippen molar-refractivity contribution in [2.45, 2.75) is 44.8 Å². The van der Waals surface area contributed by atoms with E-state index in [1.807, 2.05) is 0 Å². The third-order valence-electron chi connectivity index (χ3n) is 3.26. The third kappa shape index (κ3) is 4.09. The fourth-order valence-corrected chi connectivity index (χ4v) is 2.41. The largest absolute Gasteiger partial charge is 0.391 e. The van der Waals surface area contributed by atoms with Gasteiger partial charge in [-0.05, 0) is 46.3 Å². The van der Waals surface area contributed by atoms with Gasteiger partial charge in [0.1, 0.15) is 0 Å². The third-order valence-corrected chi connectivity index (χ3v) is 3.26. The van der Waals surface area contributed by atoms with Crippen molar-refractivity contribution in [2.75, 3.05) is 33.7 Å². The van der Waals surface area contributed by atoms with Gasteiger partial charge in [0, 0.05) is 19.1 Å². The molecule has 3 nitrogen and oxygen atoms in total. The summed E-state index contributed by atoms with van der Waals surface area (Å²) in [5.41, 5.74) is 0. The van der Waals surface area contributed by atoms with Gasteiger partial charge in [0.15, 0.2) is 0 Å². The van der Waals surface area contributed by atoms with Crippen molar-refractivity contribution < 1.29 is 5.11 Å². The van der Waals surface area contributed by atoms with E-state index in [-0.39, 0.29) is 6.10 Å². The second-order valence-electron chi connectivity index (χ2n) is 4.90. The van der Waals surface area contributed by atoms with Crippen LogP contribution in [0.2, 0.25) is 0 Å². The average Bonchev–Trinajstić information content (AvgIpc) is 2.59. The number of aliphatic hydroxyl groups is 1. The Morgan fingerprint density at radius 3 is 2.33 bits per heavy atom. The lowest BCUT2D eigenvalue weighted by molar-refractivity contribution is 0.0665. The SMILES string of the molecule is CCCN(CCN(C)C)[C@@H]1CCC[C@H]1O. The second-order valence-corrected chi connectivity index (χ2v) is 4.90. The first-order chi connectivity index (χ1) is 7.15. The molecular weight excluding hydrogens is 188 g/mol. The lowest BCUT2D eigenvalue weighted by Crippen LogP contribution is -2.44. The first-order valence-corrected chi connectivity index (χ1v) is 6.22. The topological polar surface area (TPSA) is 26.7 Å². The molecule has 0 aromatic carbocycles. The first kappa shape index (κ1) is 12.9. The van der Waals surface area contributed by atoms with E-state index in [1.165, 1.54) is 19.3 Å². The number of hydrogen-bond donors (Lipinski definition) is 1. The maximum atomic E-state index is 9.90. The van der Waals surface area contributed by atoms with Crippen LogP contribution in [0, 0.1) is 0 Å². The smallest absolute Gasteiger partial charge is 0.0695 e. The van der Waals surface area contributed by atoms with E-state index in [0.29, 0.717) is 6.04 Å². The molecule has 0 aromatic rings. The van der Waals surface area contributed by atoms with Gasteiger partial charge in [-0.3, -0.25) is 4.90 Å². The highest BCUT2D eigenvalue weighted by Crippen LogP contribution is 2.24. The number of rotatable bonds is 6. The maximum absolute atomic E-state index is 9.90. The van der Waals surface area contributed by atoms with E-state index in [2.05, 4.69) is 30.8 Å². The van der Waals surface area contributed by atoms with Crippen molar-refractivity contribution in [2.24, 2.45) is 0 Å². The highest BCUT2D eigenvalue weighted by molar-refractivity contribution is 4.85. The van der Waals surface area contributed by atoms with E-state index in [0.717, 1.165) is 26.1 Å². The molecule has 0 radical (unpaired) electrons. The van der Waals surface area contributed by atoms with Crippen LogP contribution in [0.3, 0.4) is 0 Å². The molecule has 1 saturated carbocycles. The van der Waals surface area contributed by atoms with Crippen molar-refractivity contribution in [3.63, 3.8) is 0 Å². The summed E-state index contributed by atoms with van der Waals surface area (Å²) in [6.07, 6.45) is 4.45. The zero-order valence-electron chi connectivity index (χ0n) is 10.4. The van der Waals surface area contributed by atoms with Crippen LogP contribution in [0.1, 0.15) is 32.6 Å². The van der Waals surface area contributed by atoms with Crippen molar-refractivity contribution in [3.8, 4) is 0 Å². The van der Waals surface area contributed by atoms with Gasteiger partial charge in [0.2, 0.25) is 0 Å². The van der Waals surface area contributed by atoms with Gasteiger partial charge in [-0.2, -0.15) is 0 Å². The lowest BCUT2D eigenvalue weighted by atomic mass is 10.1. The van der Waals surface area contributed by atoms with Gasteiger partial charge >= 0.3 is 0 Å². The predicted octanol–water partition coefficient (Wildman–Crippen LogP) is 1.17. The summed E-state index contributed by atoms with van der Waals surface area (Å²) in [6.45, 7) is 5.51. The molecule has 1 N–H and O–H groups in total. The maximum Gasteiger partial charge on any atom is 0.0695 e. The van der Waals surface area contributed by atoms with Crippen LogP contribution in [0.25, 0.3) is 0 Å². The van der Waals surface area contributed by atoms with Crippen LogP contribution < -0.4 is 0 Å². The van der Waals surface area contributed by atoms with E-state index in [9.17, 15) is 5.11 Å². The van der Waals surface area contributed by atoms with E-state index >= 15 is 0 Å². The Morgan fingerprint density at radius 2 is 1.87 bits per heavy atom. The molecule has 2 atom stereocenters. The molecule has 0 spiro atoms. The molecule has 1 fully saturated rings. The summed E-state index contributed by atoms with van der Waals surface area (Å²) in [7, 11) is 4.21. The summed E-state index contributed by atoms with van der Waals surface area (Å²) in [5, 5.41) is 9.90. The van der Waals surface area contributed by atoms with Gasteiger partial charge < -0.3 is 10.0 Å². The Labute approximate surface area is 94.1 Å². The number of hydrogen-bond acceptors (Lipinski definition) is 3. The number of aliphatic hydroxyl groups excluding tert-OH is 1. The molecular formula is C12H26N2O. The quantitative estimate of drug-likeness (QED) is 0.719. The Bertz CT molecular complexity index is 173. The minimum atomic E-state index is -0.0845. The van der Waals surface area contributed by atoms with E-state index in [1.54, 1.807) is 0 Å². The molecule has 0 amide bonds. The standard InChI is InChI=1S/C12H26N2O/c1-4-8-14(10-9-13(2)3)11-6-5-7-12(11)15/h11-12,15H,4-10H2,1-3H3/t11-,12-/m1/s1.